The monoisotopic (exact) mass is 227 g/mol. The minimum Gasteiger partial charge on any atom is -0.382 e. The lowest BCUT2D eigenvalue weighted by molar-refractivity contribution is 0.106. The van der Waals surface area contributed by atoms with Gasteiger partial charge < -0.3 is 10.1 Å². The number of rotatable bonds is 7. The lowest BCUT2D eigenvalue weighted by Gasteiger charge is -2.17. The standard InChI is InChI=1S/C12H21NOS/c1-10(14-3)4-5-12(13-2)8-11-6-7-15-9-11/h6-7,9-10,12-13H,4-5,8H2,1-3H3. The van der Waals surface area contributed by atoms with Gasteiger partial charge in [-0.1, -0.05) is 0 Å². The van der Waals surface area contributed by atoms with Crippen molar-refractivity contribution in [3.05, 3.63) is 22.4 Å². The first-order chi connectivity index (χ1) is 7.26. The van der Waals surface area contributed by atoms with Crippen LogP contribution in [-0.2, 0) is 11.2 Å². The van der Waals surface area contributed by atoms with Crippen LogP contribution < -0.4 is 5.32 Å². The molecule has 0 bridgehead atoms. The van der Waals surface area contributed by atoms with Crippen LogP contribution >= 0.6 is 11.3 Å². The van der Waals surface area contributed by atoms with Crippen molar-refractivity contribution in [3.63, 3.8) is 0 Å². The summed E-state index contributed by atoms with van der Waals surface area (Å²) in [5.74, 6) is 0. The molecule has 86 valence electrons. The Balaban J connectivity index is 2.30. The van der Waals surface area contributed by atoms with Crippen LogP contribution in [0.4, 0.5) is 0 Å². The number of nitrogens with one attached hydrogen (secondary N) is 1. The van der Waals surface area contributed by atoms with Gasteiger partial charge in [0.15, 0.2) is 0 Å². The fourth-order valence-electron chi connectivity index (χ4n) is 1.60. The van der Waals surface area contributed by atoms with Gasteiger partial charge in [-0.25, -0.2) is 0 Å². The molecule has 1 heterocycles. The van der Waals surface area contributed by atoms with Gasteiger partial charge in [-0.3, -0.25) is 0 Å². The van der Waals surface area contributed by atoms with Gasteiger partial charge in [0.05, 0.1) is 6.10 Å². The topological polar surface area (TPSA) is 21.3 Å². The van der Waals surface area contributed by atoms with Crippen LogP contribution in [0.5, 0.6) is 0 Å². The maximum absolute atomic E-state index is 5.25. The number of hydrogen-bond acceptors (Lipinski definition) is 3. The summed E-state index contributed by atoms with van der Waals surface area (Å²) in [4.78, 5) is 0. The predicted molar refractivity (Wildman–Crippen MR) is 66.6 cm³/mol. The van der Waals surface area contributed by atoms with Crippen LogP contribution in [0.2, 0.25) is 0 Å². The minimum atomic E-state index is 0.364. The molecular formula is C12H21NOS. The van der Waals surface area contributed by atoms with Crippen LogP contribution in [0.3, 0.4) is 0 Å². The highest BCUT2D eigenvalue weighted by atomic mass is 32.1. The van der Waals surface area contributed by atoms with E-state index in [-0.39, 0.29) is 0 Å². The molecule has 0 aliphatic heterocycles. The van der Waals surface area contributed by atoms with Crippen molar-refractivity contribution in [1.82, 2.24) is 5.32 Å². The van der Waals surface area contributed by atoms with E-state index < -0.39 is 0 Å². The van der Waals surface area contributed by atoms with Crippen molar-refractivity contribution in [3.8, 4) is 0 Å². The zero-order chi connectivity index (χ0) is 11.1. The highest BCUT2D eigenvalue weighted by Gasteiger charge is 2.09. The second kappa shape index (κ2) is 6.99. The number of hydrogen-bond donors (Lipinski definition) is 1. The Morgan fingerprint density at radius 3 is 2.80 bits per heavy atom. The summed E-state index contributed by atoms with van der Waals surface area (Å²) >= 11 is 1.77. The molecule has 1 rings (SSSR count). The normalized spacial score (nSPS) is 15.1. The van der Waals surface area contributed by atoms with Gasteiger partial charge in [0.25, 0.3) is 0 Å². The molecule has 0 amide bonds. The third-order valence-corrected chi connectivity index (χ3v) is 3.53. The Morgan fingerprint density at radius 2 is 2.27 bits per heavy atom. The molecule has 1 N–H and O–H groups in total. The van der Waals surface area contributed by atoms with Crippen molar-refractivity contribution in [2.75, 3.05) is 14.2 Å². The van der Waals surface area contributed by atoms with Crippen LogP contribution in [0, 0.1) is 0 Å². The van der Waals surface area contributed by atoms with Crippen LogP contribution in [0.1, 0.15) is 25.3 Å². The summed E-state index contributed by atoms with van der Waals surface area (Å²) in [5.41, 5.74) is 1.43. The van der Waals surface area contributed by atoms with E-state index in [1.165, 1.54) is 12.0 Å². The second-order valence-corrected chi connectivity index (χ2v) is 4.73. The third-order valence-electron chi connectivity index (χ3n) is 2.79. The summed E-state index contributed by atoms with van der Waals surface area (Å²) in [6, 6.07) is 2.77. The van der Waals surface area contributed by atoms with Gasteiger partial charge in [-0.15, -0.1) is 0 Å². The second-order valence-electron chi connectivity index (χ2n) is 3.94. The van der Waals surface area contributed by atoms with Gasteiger partial charge in [-0.05, 0) is 55.6 Å². The Bertz CT molecular complexity index is 248. The molecule has 0 radical (unpaired) electrons. The Hall–Kier alpha value is -0.380. The van der Waals surface area contributed by atoms with E-state index in [4.69, 9.17) is 4.74 Å². The van der Waals surface area contributed by atoms with Crippen molar-refractivity contribution in [1.29, 1.82) is 0 Å². The van der Waals surface area contributed by atoms with E-state index in [9.17, 15) is 0 Å². The van der Waals surface area contributed by atoms with Gasteiger partial charge in [0.2, 0.25) is 0 Å². The van der Waals surface area contributed by atoms with E-state index in [0.717, 1.165) is 12.8 Å². The molecule has 0 spiro atoms. The zero-order valence-corrected chi connectivity index (χ0v) is 10.6. The van der Waals surface area contributed by atoms with E-state index >= 15 is 0 Å². The fraction of sp³-hybridized carbons (Fsp3) is 0.667. The summed E-state index contributed by atoms with van der Waals surface area (Å²) in [6.07, 6.45) is 3.77. The van der Waals surface area contributed by atoms with Gasteiger partial charge in [0.1, 0.15) is 0 Å². The number of thiophene rings is 1. The molecule has 1 aromatic rings. The first-order valence-corrected chi connectivity index (χ1v) is 6.41. The molecule has 2 atom stereocenters. The maximum atomic E-state index is 5.25. The number of likely N-dealkylation sites (N-methyl/N-ethyl adjacent to an activating group) is 1. The lowest BCUT2D eigenvalue weighted by Crippen LogP contribution is -2.28. The van der Waals surface area contributed by atoms with Crippen LogP contribution in [-0.4, -0.2) is 26.3 Å². The molecule has 15 heavy (non-hydrogen) atoms. The van der Waals surface area contributed by atoms with E-state index in [2.05, 4.69) is 29.1 Å². The Kier molecular flexibility index (Phi) is 5.91. The Labute approximate surface area is 96.7 Å². The highest BCUT2D eigenvalue weighted by molar-refractivity contribution is 7.07. The zero-order valence-electron chi connectivity index (χ0n) is 9.82. The molecular weight excluding hydrogens is 206 g/mol. The summed E-state index contributed by atoms with van der Waals surface area (Å²) in [6.45, 7) is 2.12. The molecule has 0 aliphatic carbocycles. The third kappa shape index (κ3) is 4.78. The quantitative estimate of drug-likeness (QED) is 0.773. The largest absolute Gasteiger partial charge is 0.382 e. The molecule has 0 saturated carbocycles. The van der Waals surface area contributed by atoms with E-state index in [0.29, 0.717) is 12.1 Å². The van der Waals surface area contributed by atoms with Gasteiger partial charge >= 0.3 is 0 Å². The summed E-state index contributed by atoms with van der Waals surface area (Å²) in [7, 11) is 3.81. The first kappa shape index (κ1) is 12.7. The van der Waals surface area contributed by atoms with Crippen LogP contribution in [0.25, 0.3) is 0 Å². The fourth-order valence-corrected chi connectivity index (χ4v) is 2.28. The summed E-state index contributed by atoms with van der Waals surface area (Å²) in [5, 5.41) is 7.73. The average Bonchev–Trinajstić information content (AvgIpc) is 2.76. The van der Waals surface area contributed by atoms with Crippen molar-refractivity contribution in [2.24, 2.45) is 0 Å². The van der Waals surface area contributed by atoms with Crippen molar-refractivity contribution in [2.45, 2.75) is 38.3 Å². The predicted octanol–water partition coefficient (Wildman–Crippen LogP) is 2.69. The smallest absolute Gasteiger partial charge is 0.0543 e. The molecule has 2 unspecified atom stereocenters. The number of ether oxygens (including phenoxy) is 1. The minimum absolute atomic E-state index is 0.364. The molecule has 0 fully saturated rings. The number of methoxy groups -OCH3 is 1. The van der Waals surface area contributed by atoms with E-state index in [1.54, 1.807) is 18.4 Å². The SMILES string of the molecule is CNC(CCC(C)OC)Cc1ccsc1. The van der Waals surface area contributed by atoms with Crippen molar-refractivity contribution < 1.29 is 4.74 Å². The maximum Gasteiger partial charge on any atom is 0.0543 e. The molecule has 3 heteroatoms. The van der Waals surface area contributed by atoms with Crippen LogP contribution in [0.15, 0.2) is 16.8 Å². The molecule has 0 aromatic carbocycles. The highest BCUT2D eigenvalue weighted by Crippen LogP contribution is 2.12. The molecule has 2 nitrogen and oxygen atoms in total. The molecule has 1 aromatic heterocycles. The van der Waals surface area contributed by atoms with E-state index in [1.807, 2.05) is 7.05 Å². The molecule has 0 aliphatic rings. The van der Waals surface area contributed by atoms with Gasteiger partial charge in [0, 0.05) is 13.2 Å². The van der Waals surface area contributed by atoms with Gasteiger partial charge in [-0.2, -0.15) is 11.3 Å². The van der Waals surface area contributed by atoms with Crippen molar-refractivity contribution >= 4 is 11.3 Å². The lowest BCUT2D eigenvalue weighted by atomic mass is 10.0. The Morgan fingerprint density at radius 1 is 1.47 bits per heavy atom. The summed E-state index contributed by atoms with van der Waals surface area (Å²) < 4.78 is 5.25. The molecule has 0 saturated heterocycles. The average molecular weight is 227 g/mol. The first-order valence-electron chi connectivity index (χ1n) is 5.47.